The Hall–Kier alpha value is -3.41. The molecule has 0 spiro atoms. The number of nitrogens with one attached hydrogen (secondary N) is 2. The van der Waals surface area contributed by atoms with Gasteiger partial charge in [-0.25, -0.2) is 4.98 Å². The third-order valence-corrected chi connectivity index (χ3v) is 3.99. The van der Waals surface area contributed by atoms with Gasteiger partial charge in [0.15, 0.2) is 0 Å². The summed E-state index contributed by atoms with van der Waals surface area (Å²) in [5, 5.41) is 5.50. The topological polar surface area (TPSA) is 84.2 Å². The van der Waals surface area contributed by atoms with Crippen LogP contribution < -0.4 is 10.6 Å². The molecule has 0 unspecified atom stereocenters. The summed E-state index contributed by atoms with van der Waals surface area (Å²) in [4.78, 5) is 28.0. The summed E-state index contributed by atoms with van der Waals surface area (Å²) in [7, 11) is 0. The third-order valence-electron chi connectivity index (χ3n) is 3.99. The van der Waals surface area contributed by atoms with Gasteiger partial charge in [-0.1, -0.05) is 23.8 Å². The first-order chi connectivity index (χ1) is 12.9. The van der Waals surface area contributed by atoms with Gasteiger partial charge in [0.2, 0.25) is 17.7 Å². The van der Waals surface area contributed by atoms with E-state index in [0.717, 1.165) is 11.1 Å². The summed E-state index contributed by atoms with van der Waals surface area (Å²) in [5.41, 5.74) is 3.85. The molecule has 0 aliphatic rings. The van der Waals surface area contributed by atoms with Crippen molar-refractivity contribution < 1.29 is 14.0 Å². The van der Waals surface area contributed by atoms with E-state index in [1.807, 2.05) is 31.2 Å². The van der Waals surface area contributed by atoms with Gasteiger partial charge in [0, 0.05) is 23.9 Å². The first-order valence-electron chi connectivity index (χ1n) is 8.61. The van der Waals surface area contributed by atoms with Gasteiger partial charge in [-0.3, -0.25) is 9.59 Å². The fourth-order valence-corrected chi connectivity index (χ4v) is 2.65. The molecule has 1 aromatic heterocycles. The molecule has 0 saturated heterocycles. The Morgan fingerprint density at radius 2 is 1.67 bits per heavy atom. The molecule has 2 N–H and O–H groups in total. The maximum Gasteiger partial charge on any atom is 0.230 e. The van der Waals surface area contributed by atoms with Crippen LogP contribution in [-0.2, 0) is 16.0 Å². The molecule has 6 nitrogen and oxygen atoms in total. The average Bonchev–Trinajstić information content (AvgIpc) is 2.95. The minimum atomic E-state index is -0.207. The van der Waals surface area contributed by atoms with E-state index in [0.29, 0.717) is 28.7 Å². The first-order valence-corrected chi connectivity index (χ1v) is 8.61. The highest BCUT2D eigenvalue weighted by molar-refractivity contribution is 5.94. The molecule has 0 aliphatic heterocycles. The Morgan fingerprint density at radius 3 is 2.33 bits per heavy atom. The van der Waals surface area contributed by atoms with Crippen LogP contribution in [-0.4, -0.2) is 16.8 Å². The van der Waals surface area contributed by atoms with E-state index in [1.165, 1.54) is 6.92 Å². The van der Waals surface area contributed by atoms with Crippen LogP contribution in [0.15, 0.2) is 52.9 Å². The highest BCUT2D eigenvalue weighted by Crippen LogP contribution is 2.23. The van der Waals surface area contributed by atoms with E-state index in [2.05, 4.69) is 15.6 Å². The SMILES string of the molecule is CC(=O)Nc1cccc(NC(=O)Cc2nc(-c3ccc(C)cc3)oc2C)c1. The second-order valence-corrected chi connectivity index (χ2v) is 6.37. The van der Waals surface area contributed by atoms with Gasteiger partial charge in [-0.2, -0.15) is 0 Å². The van der Waals surface area contributed by atoms with Crippen molar-refractivity contribution in [3.8, 4) is 11.5 Å². The summed E-state index contributed by atoms with van der Waals surface area (Å²) >= 11 is 0. The minimum absolute atomic E-state index is 0.103. The minimum Gasteiger partial charge on any atom is -0.441 e. The van der Waals surface area contributed by atoms with Crippen LogP contribution in [0.4, 0.5) is 11.4 Å². The number of anilines is 2. The quantitative estimate of drug-likeness (QED) is 0.715. The van der Waals surface area contributed by atoms with Crippen molar-refractivity contribution in [2.45, 2.75) is 27.2 Å². The van der Waals surface area contributed by atoms with Crippen molar-refractivity contribution in [1.82, 2.24) is 4.98 Å². The van der Waals surface area contributed by atoms with Gasteiger partial charge in [0.25, 0.3) is 0 Å². The molecule has 2 aromatic carbocycles. The fraction of sp³-hybridized carbons (Fsp3) is 0.190. The number of hydrogen-bond acceptors (Lipinski definition) is 4. The molecule has 0 atom stereocenters. The van der Waals surface area contributed by atoms with E-state index in [9.17, 15) is 9.59 Å². The Kier molecular flexibility index (Phi) is 5.35. The molecule has 2 amide bonds. The average molecular weight is 363 g/mol. The number of amides is 2. The number of benzene rings is 2. The van der Waals surface area contributed by atoms with Crippen LogP contribution in [0.2, 0.25) is 0 Å². The fourth-order valence-electron chi connectivity index (χ4n) is 2.65. The van der Waals surface area contributed by atoms with Gasteiger partial charge in [0.1, 0.15) is 5.76 Å². The van der Waals surface area contributed by atoms with Crippen LogP contribution in [0.25, 0.3) is 11.5 Å². The number of carbonyl (C=O) groups is 2. The van der Waals surface area contributed by atoms with E-state index in [-0.39, 0.29) is 18.2 Å². The molecule has 0 radical (unpaired) electrons. The predicted octanol–water partition coefficient (Wildman–Crippen LogP) is 4.10. The summed E-state index contributed by atoms with van der Waals surface area (Å²) in [5.74, 6) is 0.748. The van der Waals surface area contributed by atoms with Gasteiger partial charge < -0.3 is 15.1 Å². The second kappa shape index (κ2) is 7.86. The Balaban J connectivity index is 1.69. The van der Waals surface area contributed by atoms with Gasteiger partial charge in [-0.15, -0.1) is 0 Å². The van der Waals surface area contributed by atoms with Crippen molar-refractivity contribution in [2.75, 3.05) is 10.6 Å². The highest BCUT2D eigenvalue weighted by atomic mass is 16.4. The molecular weight excluding hydrogens is 342 g/mol. The molecule has 0 fully saturated rings. The first kappa shape index (κ1) is 18.4. The number of nitrogens with zero attached hydrogens (tertiary/aromatic N) is 1. The van der Waals surface area contributed by atoms with E-state index >= 15 is 0 Å². The lowest BCUT2D eigenvalue weighted by molar-refractivity contribution is -0.116. The van der Waals surface area contributed by atoms with Crippen molar-refractivity contribution in [1.29, 1.82) is 0 Å². The zero-order chi connectivity index (χ0) is 19.4. The van der Waals surface area contributed by atoms with Crippen LogP contribution in [0.5, 0.6) is 0 Å². The number of aromatic nitrogens is 1. The molecule has 0 aliphatic carbocycles. The maximum atomic E-state index is 12.4. The molecule has 0 bridgehead atoms. The number of carbonyl (C=O) groups excluding carboxylic acids is 2. The largest absolute Gasteiger partial charge is 0.441 e. The third kappa shape index (κ3) is 4.82. The summed E-state index contributed by atoms with van der Waals surface area (Å²) in [6.07, 6.45) is 0.103. The molecular formula is C21H21N3O3. The number of oxazole rings is 1. The van der Waals surface area contributed by atoms with Crippen LogP contribution in [0.3, 0.4) is 0 Å². The Morgan fingerprint density at radius 1 is 1.00 bits per heavy atom. The zero-order valence-electron chi connectivity index (χ0n) is 15.5. The van der Waals surface area contributed by atoms with Crippen LogP contribution in [0, 0.1) is 13.8 Å². The van der Waals surface area contributed by atoms with Crippen LogP contribution >= 0.6 is 0 Å². The smallest absolute Gasteiger partial charge is 0.230 e. The Bertz CT molecular complexity index is 975. The lowest BCUT2D eigenvalue weighted by Crippen LogP contribution is -2.15. The monoisotopic (exact) mass is 363 g/mol. The highest BCUT2D eigenvalue weighted by Gasteiger charge is 2.15. The molecule has 3 aromatic rings. The van der Waals surface area contributed by atoms with E-state index < -0.39 is 0 Å². The van der Waals surface area contributed by atoms with Crippen molar-refractivity contribution in [2.24, 2.45) is 0 Å². The predicted molar refractivity (Wildman–Crippen MR) is 104 cm³/mol. The molecule has 1 heterocycles. The van der Waals surface area contributed by atoms with Gasteiger partial charge >= 0.3 is 0 Å². The number of rotatable bonds is 5. The number of aryl methyl sites for hydroxylation is 2. The lowest BCUT2D eigenvalue weighted by Gasteiger charge is -2.07. The summed E-state index contributed by atoms with van der Waals surface area (Å²) < 4.78 is 5.72. The van der Waals surface area contributed by atoms with Crippen LogP contribution in [0.1, 0.15) is 23.9 Å². The summed E-state index contributed by atoms with van der Waals surface area (Å²) in [6.45, 7) is 5.25. The van der Waals surface area contributed by atoms with Crippen molar-refractivity contribution in [3.63, 3.8) is 0 Å². The lowest BCUT2D eigenvalue weighted by atomic mass is 10.1. The molecule has 6 heteroatoms. The normalized spacial score (nSPS) is 10.5. The van der Waals surface area contributed by atoms with Crippen molar-refractivity contribution >= 4 is 23.2 Å². The number of hydrogen-bond donors (Lipinski definition) is 2. The molecule has 0 saturated carbocycles. The maximum absolute atomic E-state index is 12.4. The van der Waals surface area contributed by atoms with E-state index in [4.69, 9.17) is 4.42 Å². The van der Waals surface area contributed by atoms with E-state index in [1.54, 1.807) is 31.2 Å². The van der Waals surface area contributed by atoms with Gasteiger partial charge in [0.05, 0.1) is 12.1 Å². The Labute approximate surface area is 157 Å². The molecule has 138 valence electrons. The standard InChI is InChI=1S/C21H21N3O3/c1-13-7-9-16(10-8-13)21-24-19(14(2)27-21)12-20(26)23-18-6-4-5-17(11-18)22-15(3)25/h4-11H,12H2,1-3H3,(H,22,25)(H,23,26). The second-order valence-electron chi connectivity index (χ2n) is 6.37. The van der Waals surface area contributed by atoms with Gasteiger partial charge in [-0.05, 0) is 44.2 Å². The molecule has 3 rings (SSSR count). The zero-order valence-corrected chi connectivity index (χ0v) is 15.5. The van der Waals surface area contributed by atoms with Crippen molar-refractivity contribution in [3.05, 3.63) is 65.5 Å². The molecule has 27 heavy (non-hydrogen) atoms. The summed E-state index contributed by atoms with van der Waals surface area (Å²) in [6, 6.07) is 14.8.